The molecular weight excluding hydrogens is 292 g/mol. The SMILES string of the molecule is CCN(CC(=O)O)C1CCN(C(=O)c2ccc(C)c(C)c2)CC1. The first-order chi connectivity index (χ1) is 10.9. The summed E-state index contributed by atoms with van der Waals surface area (Å²) in [7, 11) is 0. The van der Waals surface area contributed by atoms with Crippen molar-refractivity contribution in [3.8, 4) is 0 Å². The van der Waals surface area contributed by atoms with E-state index in [0.717, 1.165) is 30.5 Å². The number of carboxylic acid groups (broad SMARTS) is 1. The van der Waals surface area contributed by atoms with Crippen molar-refractivity contribution < 1.29 is 14.7 Å². The Morgan fingerprint density at radius 1 is 1.22 bits per heavy atom. The van der Waals surface area contributed by atoms with Crippen molar-refractivity contribution in [3.63, 3.8) is 0 Å². The summed E-state index contributed by atoms with van der Waals surface area (Å²) in [6.07, 6.45) is 1.66. The number of hydrogen-bond acceptors (Lipinski definition) is 3. The molecule has 0 radical (unpaired) electrons. The Bertz CT molecular complexity index is 578. The van der Waals surface area contributed by atoms with Gasteiger partial charge in [0.15, 0.2) is 0 Å². The number of nitrogens with zero attached hydrogens (tertiary/aromatic N) is 2. The number of benzene rings is 1. The molecule has 0 aliphatic carbocycles. The summed E-state index contributed by atoms with van der Waals surface area (Å²) in [6, 6.07) is 6.08. The third-order valence-electron chi connectivity index (χ3n) is 4.77. The van der Waals surface area contributed by atoms with Gasteiger partial charge in [0.2, 0.25) is 0 Å². The average molecular weight is 318 g/mol. The molecule has 1 fully saturated rings. The molecule has 0 bridgehead atoms. The van der Waals surface area contributed by atoms with E-state index < -0.39 is 5.97 Å². The molecule has 1 aromatic carbocycles. The second-order valence-electron chi connectivity index (χ2n) is 6.28. The average Bonchev–Trinajstić information content (AvgIpc) is 2.54. The van der Waals surface area contributed by atoms with Crippen LogP contribution >= 0.6 is 0 Å². The predicted octanol–water partition coefficient (Wildman–Crippen LogP) is 2.31. The zero-order chi connectivity index (χ0) is 17.0. The first-order valence-electron chi connectivity index (χ1n) is 8.24. The maximum Gasteiger partial charge on any atom is 0.317 e. The van der Waals surface area contributed by atoms with Crippen molar-refractivity contribution in [2.24, 2.45) is 0 Å². The van der Waals surface area contributed by atoms with Crippen LogP contribution in [0.25, 0.3) is 0 Å². The van der Waals surface area contributed by atoms with Gasteiger partial charge >= 0.3 is 5.97 Å². The third kappa shape index (κ3) is 4.32. The van der Waals surface area contributed by atoms with Gasteiger partial charge in [0.1, 0.15) is 0 Å². The molecule has 0 atom stereocenters. The quantitative estimate of drug-likeness (QED) is 0.905. The molecule has 0 unspecified atom stereocenters. The molecule has 0 spiro atoms. The van der Waals surface area contributed by atoms with Gasteiger partial charge in [-0.2, -0.15) is 0 Å². The molecule has 1 aliphatic rings. The van der Waals surface area contributed by atoms with Crippen molar-refractivity contribution in [3.05, 3.63) is 34.9 Å². The summed E-state index contributed by atoms with van der Waals surface area (Å²) in [6.45, 7) is 8.21. The van der Waals surface area contributed by atoms with E-state index in [9.17, 15) is 9.59 Å². The number of rotatable bonds is 5. The number of carbonyl (C=O) groups is 2. The summed E-state index contributed by atoms with van der Waals surface area (Å²) in [4.78, 5) is 27.4. The second-order valence-corrected chi connectivity index (χ2v) is 6.28. The fourth-order valence-corrected chi connectivity index (χ4v) is 3.16. The van der Waals surface area contributed by atoms with Crippen LogP contribution in [-0.2, 0) is 4.79 Å². The molecule has 1 amide bonds. The number of carboxylic acids is 1. The molecule has 0 aromatic heterocycles. The Kier molecular flexibility index (Phi) is 5.77. The van der Waals surface area contributed by atoms with E-state index in [1.807, 2.05) is 48.8 Å². The normalized spacial score (nSPS) is 15.9. The lowest BCUT2D eigenvalue weighted by Gasteiger charge is -2.37. The molecule has 1 aromatic rings. The summed E-state index contributed by atoms with van der Waals surface area (Å²) < 4.78 is 0. The van der Waals surface area contributed by atoms with E-state index in [0.29, 0.717) is 13.1 Å². The van der Waals surface area contributed by atoms with Gasteiger partial charge in [0.05, 0.1) is 6.54 Å². The van der Waals surface area contributed by atoms with Gasteiger partial charge in [0.25, 0.3) is 5.91 Å². The largest absolute Gasteiger partial charge is 0.480 e. The minimum Gasteiger partial charge on any atom is -0.480 e. The van der Waals surface area contributed by atoms with Gasteiger partial charge in [-0.25, -0.2) is 0 Å². The highest BCUT2D eigenvalue weighted by Gasteiger charge is 2.27. The molecule has 126 valence electrons. The maximum atomic E-state index is 12.6. The Balaban J connectivity index is 1.96. The number of aryl methyl sites for hydroxylation is 2. The molecule has 23 heavy (non-hydrogen) atoms. The fraction of sp³-hybridized carbons (Fsp3) is 0.556. The number of hydrogen-bond donors (Lipinski definition) is 1. The highest BCUT2D eigenvalue weighted by Crippen LogP contribution is 2.19. The van der Waals surface area contributed by atoms with Crippen molar-refractivity contribution in [2.45, 2.75) is 39.7 Å². The lowest BCUT2D eigenvalue weighted by Crippen LogP contribution is -2.48. The molecule has 5 nitrogen and oxygen atoms in total. The summed E-state index contributed by atoms with van der Waals surface area (Å²) in [5, 5.41) is 8.98. The van der Waals surface area contributed by atoms with E-state index in [4.69, 9.17) is 5.11 Å². The minimum atomic E-state index is -0.791. The first kappa shape index (κ1) is 17.5. The van der Waals surface area contributed by atoms with Crippen molar-refractivity contribution in [1.29, 1.82) is 0 Å². The Labute approximate surface area is 137 Å². The van der Waals surface area contributed by atoms with Crippen LogP contribution in [0.15, 0.2) is 18.2 Å². The molecular formula is C18H26N2O3. The highest BCUT2D eigenvalue weighted by atomic mass is 16.4. The predicted molar refractivity (Wildman–Crippen MR) is 89.7 cm³/mol. The lowest BCUT2D eigenvalue weighted by molar-refractivity contribution is -0.139. The maximum absolute atomic E-state index is 12.6. The number of piperidine rings is 1. The van der Waals surface area contributed by atoms with Crippen LogP contribution in [0, 0.1) is 13.8 Å². The number of likely N-dealkylation sites (N-methyl/N-ethyl adjacent to an activating group) is 1. The van der Waals surface area contributed by atoms with Crippen molar-refractivity contribution in [2.75, 3.05) is 26.2 Å². The molecule has 1 heterocycles. The Morgan fingerprint density at radius 2 is 1.87 bits per heavy atom. The Morgan fingerprint density at radius 3 is 2.39 bits per heavy atom. The van der Waals surface area contributed by atoms with Gasteiger partial charge in [-0.3, -0.25) is 14.5 Å². The van der Waals surface area contributed by atoms with E-state index >= 15 is 0 Å². The van der Waals surface area contributed by atoms with Crippen molar-refractivity contribution in [1.82, 2.24) is 9.80 Å². The molecule has 1 saturated heterocycles. The molecule has 2 rings (SSSR count). The molecule has 1 N–H and O–H groups in total. The molecule has 0 saturated carbocycles. The standard InChI is InChI=1S/C18H26N2O3/c1-4-19(12-17(21)22)16-7-9-20(10-8-16)18(23)15-6-5-13(2)14(3)11-15/h5-6,11,16H,4,7-10,12H2,1-3H3,(H,21,22). The van der Waals surface area contributed by atoms with Crippen LogP contribution in [-0.4, -0.2) is 59.0 Å². The summed E-state index contributed by atoms with van der Waals surface area (Å²) >= 11 is 0. The third-order valence-corrected chi connectivity index (χ3v) is 4.77. The minimum absolute atomic E-state index is 0.0757. The highest BCUT2D eigenvalue weighted by molar-refractivity contribution is 5.94. The molecule has 1 aliphatic heterocycles. The smallest absolute Gasteiger partial charge is 0.317 e. The van der Waals surface area contributed by atoms with Crippen molar-refractivity contribution >= 4 is 11.9 Å². The summed E-state index contributed by atoms with van der Waals surface area (Å²) in [5.74, 6) is -0.715. The van der Waals surface area contributed by atoms with Crippen LogP contribution in [0.4, 0.5) is 0 Å². The van der Waals surface area contributed by atoms with Gasteiger partial charge in [0, 0.05) is 24.7 Å². The zero-order valence-electron chi connectivity index (χ0n) is 14.2. The van der Waals surface area contributed by atoms with E-state index in [-0.39, 0.29) is 18.5 Å². The number of carbonyl (C=O) groups excluding carboxylic acids is 1. The monoisotopic (exact) mass is 318 g/mol. The van der Waals surface area contributed by atoms with Crippen LogP contribution in [0.5, 0.6) is 0 Å². The number of aliphatic carboxylic acids is 1. The van der Waals surface area contributed by atoms with Crippen LogP contribution in [0.1, 0.15) is 41.3 Å². The zero-order valence-corrected chi connectivity index (χ0v) is 14.2. The van der Waals surface area contributed by atoms with Gasteiger partial charge < -0.3 is 10.0 Å². The topological polar surface area (TPSA) is 60.9 Å². The van der Waals surface area contributed by atoms with E-state index in [1.165, 1.54) is 5.56 Å². The van der Waals surface area contributed by atoms with E-state index in [2.05, 4.69) is 0 Å². The second kappa shape index (κ2) is 7.59. The summed E-state index contributed by atoms with van der Waals surface area (Å²) in [5.41, 5.74) is 3.06. The molecule has 5 heteroatoms. The van der Waals surface area contributed by atoms with Crippen LogP contribution in [0.2, 0.25) is 0 Å². The lowest BCUT2D eigenvalue weighted by atomic mass is 10.0. The van der Waals surface area contributed by atoms with Crippen LogP contribution in [0.3, 0.4) is 0 Å². The fourth-order valence-electron chi connectivity index (χ4n) is 3.16. The first-order valence-corrected chi connectivity index (χ1v) is 8.24. The Hall–Kier alpha value is -1.88. The van der Waals surface area contributed by atoms with Crippen LogP contribution < -0.4 is 0 Å². The van der Waals surface area contributed by atoms with Gasteiger partial charge in [-0.1, -0.05) is 13.0 Å². The van der Waals surface area contributed by atoms with Gasteiger partial charge in [-0.05, 0) is 56.5 Å². The number of amides is 1. The number of likely N-dealkylation sites (tertiary alicyclic amines) is 1. The van der Waals surface area contributed by atoms with Gasteiger partial charge in [-0.15, -0.1) is 0 Å². The van der Waals surface area contributed by atoms with E-state index in [1.54, 1.807) is 0 Å².